The predicted molar refractivity (Wildman–Crippen MR) is 98.2 cm³/mol. The molecule has 21 heavy (non-hydrogen) atoms. The Kier molecular flexibility index (Phi) is 8.68. The van der Waals surface area contributed by atoms with Crippen molar-refractivity contribution in [2.24, 2.45) is 4.99 Å². The van der Waals surface area contributed by atoms with Crippen LogP contribution >= 0.6 is 24.0 Å². The summed E-state index contributed by atoms with van der Waals surface area (Å²) in [5.41, 5.74) is 2.45. The van der Waals surface area contributed by atoms with Crippen LogP contribution in [0.25, 0.3) is 0 Å². The highest BCUT2D eigenvalue weighted by Crippen LogP contribution is 2.17. The molecule has 0 radical (unpaired) electrons. The summed E-state index contributed by atoms with van der Waals surface area (Å²) in [4.78, 5) is 4.29. The van der Waals surface area contributed by atoms with Crippen molar-refractivity contribution in [3.8, 4) is 0 Å². The quantitative estimate of drug-likeness (QED) is 0.451. The summed E-state index contributed by atoms with van der Waals surface area (Å²) in [6.45, 7) is 1.46. The number of hydrogen-bond acceptors (Lipinski definition) is 2. The van der Waals surface area contributed by atoms with Gasteiger partial charge in [-0.3, -0.25) is 4.99 Å². The number of ether oxygens (including phenoxy) is 1. The summed E-state index contributed by atoms with van der Waals surface area (Å²) in [7, 11) is 3.54. The van der Waals surface area contributed by atoms with Gasteiger partial charge in [0, 0.05) is 26.7 Å². The highest BCUT2D eigenvalue weighted by Gasteiger charge is 2.15. The number of methoxy groups -OCH3 is 1. The average Bonchev–Trinajstić information content (AvgIpc) is 2.98. The summed E-state index contributed by atoms with van der Waals surface area (Å²) < 4.78 is 5.11. The lowest BCUT2D eigenvalue weighted by Crippen LogP contribution is -2.41. The van der Waals surface area contributed by atoms with Crippen LogP contribution in [0.5, 0.6) is 0 Å². The number of aliphatic imine (C=N–C) groups is 1. The lowest BCUT2D eigenvalue weighted by molar-refractivity contribution is 0.185. The van der Waals surface area contributed by atoms with Crippen molar-refractivity contribution in [3.05, 3.63) is 35.4 Å². The molecule has 0 unspecified atom stereocenters. The molecule has 0 atom stereocenters. The second-order valence-electron chi connectivity index (χ2n) is 5.30. The summed E-state index contributed by atoms with van der Waals surface area (Å²) in [6.07, 6.45) is 5.17. The second kappa shape index (κ2) is 10.00. The average molecular weight is 403 g/mol. The largest absolute Gasteiger partial charge is 0.380 e. The Morgan fingerprint density at radius 2 is 1.81 bits per heavy atom. The maximum atomic E-state index is 5.11. The Bertz CT molecular complexity index is 428. The van der Waals surface area contributed by atoms with Crippen LogP contribution in [0.3, 0.4) is 0 Å². The van der Waals surface area contributed by atoms with Crippen molar-refractivity contribution in [2.75, 3.05) is 14.2 Å². The molecule has 0 heterocycles. The fourth-order valence-electron chi connectivity index (χ4n) is 2.56. The second-order valence-corrected chi connectivity index (χ2v) is 5.30. The van der Waals surface area contributed by atoms with Gasteiger partial charge >= 0.3 is 0 Å². The third kappa shape index (κ3) is 6.22. The maximum absolute atomic E-state index is 5.11. The van der Waals surface area contributed by atoms with E-state index in [-0.39, 0.29) is 24.0 Å². The van der Waals surface area contributed by atoms with Gasteiger partial charge in [0.05, 0.1) is 6.61 Å². The van der Waals surface area contributed by atoms with Crippen LogP contribution in [0, 0.1) is 0 Å². The fraction of sp³-hybridized carbons (Fsp3) is 0.562. The molecular formula is C16H26IN3O. The number of rotatable bonds is 5. The molecule has 0 saturated heterocycles. The molecule has 5 heteroatoms. The minimum absolute atomic E-state index is 0. The summed E-state index contributed by atoms with van der Waals surface area (Å²) in [6, 6.07) is 9.06. The molecule has 1 aromatic rings. The van der Waals surface area contributed by atoms with Crippen molar-refractivity contribution >= 4 is 29.9 Å². The Morgan fingerprint density at radius 1 is 1.19 bits per heavy atom. The van der Waals surface area contributed by atoms with Gasteiger partial charge in [-0.25, -0.2) is 0 Å². The number of halogens is 1. The third-order valence-electron chi connectivity index (χ3n) is 3.71. The summed E-state index contributed by atoms with van der Waals surface area (Å²) >= 11 is 0. The molecule has 1 saturated carbocycles. The summed E-state index contributed by atoms with van der Waals surface area (Å²) in [5, 5.41) is 6.86. The Labute approximate surface area is 144 Å². The monoisotopic (exact) mass is 403 g/mol. The molecule has 2 rings (SSSR count). The fourth-order valence-corrected chi connectivity index (χ4v) is 2.56. The smallest absolute Gasteiger partial charge is 0.191 e. The van der Waals surface area contributed by atoms with Crippen LogP contribution in [0.2, 0.25) is 0 Å². The molecule has 0 bridgehead atoms. The van der Waals surface area contributed by atoms with Crippen molar-refractivity contribution in [2.45, 2.75) is 44.9 Å². The van der Waals surface area contributed by atoms with E-state index < -0.39 is 0 Å². The van der Waals surface area contributed by atoms with Gasteiger partial charge in [-0.1, -0.05) is 37.1 Å². The van der Waals surface area contributed by atoms with Crippen molar-refractivity contribution in [1.29, 1.82) is 0 Å². The zero-order valence-electron chi connectivity index (χ0n) is 12.9. The lowest BCUT2D eigenvalue weighted by atomic mass is 10.1. The molecule has 0 aromatic heterocycles. The molecule has 1 aliphatic rings. The van der Waals surface area contributed by atoms with Gasteiger partial charge < -0.3 is 15.4 Å². The molecule has 0 spiro atoms. The van der Waals surface area contributed by atoms with Crippen LogP contribution in [-0.4, -0.2) is 26.2 Å². The van der Waals surface area contributed by atoms with Gasteiger partial charge in [0.15, 0.2) is 5.96 Å². The van der Waals surface area contributed by atoms with Crippen LogP contribution in [-0.2, 0) is 17.9 Å². The van der Waals surface area contributed by atoms with E-state index in [9.17, 15) is 0 Å². The normalized spacial score (nSPS) is 15.6. The molecule has 1 aromatic carbocycles. The molecule has 2 N–H and O–H groups in total. The van der Waals surface area contributed by atoms with Crippen LogP contribution in [0.1, 0.15) is 36.8 Å². The number of nitrogens with zero attached hydrogens (tertiary/aromatic N) is 1. The van der Waals surface area contributed by atoms with E-state index in [1.54, 1.807) is 7.11 Å². The Hall–Kier alpha value is -0.820. The van der Waals surface area contributed by atoms with E-state index in [2.05, 4.69) is 39.9 Å². The molecule has 118 valence electrons. The van der Waals surface area contributed by atoms with E-state index in [0.29, 0.717) is 12.6 Å². The van der Waals surface area contributed by atoms with Gasteiger partial charge in [-0.15, -0.1) is 24.0 Å². The Balaban J connectivity index is 0.00000220. The van der Waals surface area contributed by atoms with E-state index >= 15 is 0 Å². The Morgan fingerprint density at radius 3 is 2.38 bits per heavy atom. The van der Waals surface area contributed by atoms with Crippen LogP contribution < -0.4 is 10.6 Å². The SMILES string of the molecule is CN=C(NCc1ccc(COC)cc1)NC1CCCC1.I. The molecule has 4 nitrogen and oxygen atoms in total. The highest BCUT2D eigenvalue weighted by molar-refractivity contribution is 14.0. The first-order valence-electron chi connectivity index (χ1n) is 7.35. The van der Waals surface area contributed by atoms with Crippen molar-refractivity contribution < 1.29 is 4.74 Å². The standard InChI is InChI=1S/C16H25N3O.HI/c1-17-16(19-15-5-3-4-6-15)18-11-13-7-9-14(10-8-13)12-20-2;/h7-10,15H,3-6,11-12H2,1-2H3,(H2,17,18,19);1H. The van der Waals surface area contributed by atoms with Gasteiger partial charge in [-0.2, -0.15) is 0 Å². The van der Waals surface area contributed by atoms with Gasteiger partial charge in [0.25, 0.3) is 0 Å². The molecule has 1 aliphatic carbocycles. The summed E-state index contributed by atoms with van der Waals surface area (Å²) in [5.74, 6) is 0.901. The van der Waals surface area contributed by atoms with Crippen molar-refractivity contribution in [3.63, 3.8) is 0 Å². The number of hydrogen-bond donors (Lipinski definition) is 2. The van der Waals surface area contributed by atoms with Crippen LogP contribution in [0.4, 0.5) is 0 Å². The predicted octanol–water partition coefficient (Wildman–Crippen LogP) is 3.06. The molecular weight excluding hydrogens is 377 g/mol. The molecule has 0 aliphatic heterocycles. The number of guanidine groups is 1. The third-order valence-corrected chi connectivity index (χ3v) is 3.71. The van der Waals surface area contributed by atoms with Crippen LogP contribution in [0.15, 0.2) is 29.3 Å². The minimum Gasteiger partial charge on any atom is -0.380 e. The lowest BCUT2D eigenvalue weighted by Gasteiger charge is -2.17. The first kappa shape index (κ1) is 18.2. The first-order valence-corrected chi connectivity index (χ1v) is 7.35. The first-order chi connectivity index (χ1) is 9.81. The number of benzene rings is 1. The van der Waals surface area contributed by atoms with Gasteiger partial charge in [-0.05, 0) is 24.0 Å². The maximum Gasteiger partial charge on any atom is 0.191 e. The van der Waals surface area contributed by atoms with E-state index in [4.69, 9.17) is 4.74 Å². The zero-order chi connectivity index (χ0) is 14.2. The van der Waals surface area contributed by atoms with Gasteiger partial charge in [0.2, 0.25) is 0 Å². The highest BCUT2D eigenvalue weighted by atomic mass is 127. The molecule has 0 amide bonds. The topological polar surface area (TPSA) is 45.7 Å². The molecule has 1 fully saturated rings. The van der Waals surface area contributed by atoms with E-state index in [0.717, 1.165) is 12.5 Å². The van der Waals surface area contributed by atoms with Crippen molar-refractivity contribution in [1.82, 2.24) is 10.6 Å². The van der Waals surface area contributed by atoms with E-state index in [1.165, 1.54) is 36.8 Å². The van der Waals surface area contributed by atoms with Gasteiger partial charge in [0.1, 0.15) is 0 Å². The number of nitrogens with one attached hydrogen (secondary N) is 2. The minimum atomic E-state index is 0. The zero-order valence-corrected chi connectivity index (χ0v) is 15.2. The van der Waals surface area contributed by atoms with E-state index in [1.807, 2.05) is 7.05 Å².